The zero-order valence-corrected chi connectivity index (χ0v) is 16.5. The number of carbonyl (C=O) groups excluding carboxylic acids is 1. The molecule has 1 heterocycles. The molecule has 1 aromatic heterocycles. The van der Waals surface area contributed by atoms with Gasteiger partial charge in [0.05, 0.1) is 24.8 Å². The fraction of sp³-hybridized carbons (Fsp3) is 0.125. The van der Waals surface area contributed by atoms with E-state index in [0.717, 1.165) is 16.9 Å². The van der Waals surface area contributed by atoms with Crippen molar-refractivity contribution in [3.8, 4) is 17.2 Å². The SMILES string of the molecule is COc1ccc(CC(=O)Nc2ccccc2-c2nc(Cc3ccccc3)no2)cc1. The van der Waals surface area contributed by atoms with Gasteiger partial charge in [0.2, 0.25) is 5.91 Å². The number of nitrogens with one attached hydrogen (secondary N) is 1. The molecule has 6 heteroatoms. The van der Waals surface area contributed by atoms with Gasteiger partial charge in [0.25, 0.3) is 5.89 Å². The molecule has 0 saturated carbocycles. The minimum Gasteiger partial charge on any atom is -0.497 e. The maximum atomic E-state index is 12.6. The highest BCUT2D eigenvalue weighted by molar-refractivity contribution is 5.95. The Bertz CT molecular complexity index is 1120. The van der Waals surface area contributed by atoms with Gasteiger partial charge in [-0.15, -0.1) is 0 Å². The highest BCUT2D eigenvalue weighted by Gasteiger charge is 2.15. The molecule has 0 aliphatic rings. The van der Waals surface area contributed by atoms with E-state index in [-0.39, 0.29) is 12.3 Å². The number of para-hydroxylation sites is 1. The summed E-state index contributed by atoms with van der Waals surface area (Å²) in [6.45, 7) is 0. The van der Waals surface area contributed by atoms with Crippen molar-refractivity contribution in [1.29, 1.82) is 0 Å². The van der Waals surface area contributed by atoms with Crippen LogP contribution >= 0.6 is 0 Å². The molecule has 1 amide bonds. The fourth-order valence-corrected chi connectivity index (χ4v) is 3.12. The molecule has 6 nitrogen and oxygen atoms in total. The van der Waals surface area contributed by atoms with E-state index in [1.54, 1.807) is 7.11 Å². The van der Waals surface area contributed by atoms with Crippen molar-refractivity contribution in [1.82, 2.24) is 10.1 Å². The number of ether oxygens (including phenoxy) is 1. The molecule has 0 aliphatic carbocycles. The number of nitrogens with zero attached hydrogens (tertiary/aromatic N) is 2. The van der Waals surface area contributed by atoms with E-state index in [2.05, 4.69) is 15.5 Å². The summed E-state index contributed by atoms with van der Waals surface area (Å²) in [6, 6.07) is 24.8. The van der Waals surface area contributed by atoms with Crippen LogP contribution in [0.1, 0.15) is 17.0 Å². The minimum atomic E-state index is -0.128. The summed E-state index contributed by atoms with van der Waals surface area (Å²) in [5.74, 6) is 1.60. The van der Waals surface area contributed by atoms with Gasteiger partial charge in [-0.3, -0.25) is 4.79 Å². The number of hydrogen-bond acceptors (Lipinski definition) is 5. The summed E-state index contributed by atoms with van der Waals surface area (Å²) in [7, 11) is 1.61. The lowest BCUT2D eigenvalue weighted by atomic mass is 10.1. The zero-order valence-electron chi connectivity index (χ0n) is 16.5. The van der Waals surface area contributed by atoms with Gasteiger partial charge >= 0.3 is 0 Å². The fourth-order valence-electron chi connectivity index (χ4n) is 3.12. The Morgan fingerprint density at radius 3 is 2.43 bits per heavy atom. The minimum absolute atomic E-state index is 0.128. The summed E-state index contributed by atoms with van der Waals surface area (Å²) in [5, 5.41) is 7.03. The molecule has 0 bridgehead atoms. The quantitative estimate of drug-likeness (QED) is 0.494. The topological polar surface area (TPSA) is 77.2 Å². The number of benzene rings is 3. The molecule has 0 fully saturated rings. The van der Waals surface area contributed by atoms with Crippen LogP contribution in [0.4, 0.5) is 5.69 Å². The molecular weight excluding hydrogens is 378 g/mol. The molecule has 3 aromatic carbocycles. The van der Waals surface area contributed by atoms with Crippen molar-refractivity contribution in [3.05, 3.63) is 95.8 Å². The lowest BCUT2D eigenvalue weighted by molar-refractivity contribution is -0.115. The van der Waals surface area contributed by atoms with Crippen molar-refractivity contribution in [3.63, 3.8) is 0 Å². The molecule has 0 radical (unpaired) electrons. The molecule has 1 N–H and O–H groups in total. The van der Waals surface area contributed by atoms with Crippen molar-refractivity contribution in [2.45, 2.75) is 12.8 Å². The normalized spacial score (nSPS) is 10.6. The van der Waals surface area contributed by atoms with E-state index < -0.39 is 0 Å². The summed E-state index contributed by atoms with van der Waals surface area (Å²) < 4.78 is 10.6. The number of carbonyl (C=O) groups is 1. The number of amides is 1. The Morgan fingerprint density at radius 2 is 1.67 bits per heavy atom. The standard InChI is InChI=1S/C24H21N3O3/c1-29-19-13-11-18(12-14-19)16-23(28)25-21-10-6-5-9-20(21)24-26-22(27-30-24)15-17-7-3-2-4-8-17/h2-14H,15-16H2,1H3,(H,25,28). The molecule has 30 heavy (non-hydrogen) atoms. The van der Waals surface area contributed by atoms with Gasteiger partial charge in [-0.25, -0.2) is 0 Å². The second kappa shape index (κ2) is 9.05. The number of aromatic nitrogens is 2. The largest absolute Gasteiger partial charge is 0.497 e. The maximum absolute atomic E-state index is 12.6. The first-order valence-electron chi connectivity index (χ1n) is 9.60. The third kappa shape index (κ3) is 4.72. The first-order chi connectivity index (χ1) is 14.7. The van der Waals surface area contributed by atoms with E-state index in [1.165, 1.54) is 0 Å². The van der Waals surface area contributed by atoms with E-state index >= 15 is 0 Å². The monoisotopic (exact) mass is 399 g/mol. The number of rotatable bonds is 7. The van der Waals surface area contributed by atoms with Crippen LogP contribution in [0.3, 0.4) is 0 Å². The second-order valence-electron chi connectivity index (χ2n) is 6.80. The highest BCUT2D eigenvalue weighted by atomic mass is 16.5. The first-order valence-corrected chi connectivity index (χ1v) is 9.60. The van der Waals surface area contributed by atoms with Crippen LogP contribution in [0.5, 0.6) is 5.75 Å². The van der Waals surface area contributed by atoms with Crippen molar-refractivity contribution in [2.24, 2.45) is 0 Å². The molecule has 4 aromatic rings. The number of hydrogen-bond donors (Lipinski definition) is 1. The maximum Gasteiger partial charge on any atom is 0.260 e. The Balaban J connectivity index is 1.48. The molecular formula is C24H21N3O3. The number of anilines is 1. The van der Waals surface area contributed by atoms with E-state index in [9.17, 15) is 4.79 Å². The molecule has 4 rings (SSSR count). The Morgan fingerprint density at radius 1 is 0.933 bits per heavy atom. The van der Waals surface area contributed by atoms with Crippen LogP contribution in [-0.4, -0.2) is 23.2 Å². The third-order valence-corrected chi connectivity index (χ3v) is 4.63. The van der Waals surface area contributed by atoms with Gasteiger partial charge in [-0.2, -0.15) is 4.98 Å². The summed E-state index contributed by atoms with van der Waals surface area (Å²) in [6.07, 6.45) is 0.831. The predicted molar refractivity (Wildman–Crippen MR) is 114 cm³/mol. The van der Waals surface area contributed by atoms with Crippen LogP contribution in [-0.2, 0) is 17.6 Å². The van der Waals surface area contributed by atoms with Gasteiger partial charge in [-0.1, -0.05) is 59.8 Å². The van der Waals surface area contributed by atoms with E-state index in [1.807, 2.05) is 78.9 Å². The Labute approximate surface area is 174 Å². The predicted octanol–water partition coefficient (Wildman–Crippen LogP) is 4.52. The van der Waals surface area contributed by atoms with Crippen molar-refractivity contribution in [2.75, 3.05) is 12.4 Å². The average molecular weight is 399 g/mol. The van der Waals surface area contributed by atoms with Gasteiger partial charge in [0, 0.05) is 6.42 Å². The number of methoxy groups -OCH3 is 1. The Kier molecular flexibility index (Phi) is 5.85. The van der Waals surface area contributed by atoms with Crippen molar-refractivity contribution < 1.29 is 14.1 Å². The first kappa shape index (κ1) is 19.4. The van der Waals surface area contributed by atoms with Crippen LogP contribution < -0.4 is 10.1 Å². The molecule has 0 aliphatic heterocycles. The summed E-state index contributed by atoms with van der Waals surface area (Å²) in [5.41, 5.74) is 3.32. The molecule has 150 valence electrons. The average Bonchev–Trinajstić information content (AvgIpc) is 3.23. The van der Waals surface area contributed by atoms with Gasteiger partial charge in [0.15, 0.2) is 5.82 Å². The van der Waals surface area contributed by atoms with Crippen LogP contribution in [0.25, 0.3) is 11.5 Å². The van der Waals surface area contributed by atoms with Crippen LogP contribution in [0, 0.1) is 0 Å². The Hall–Kier alpha value is -3.93. The lowest BCUT2D eigenvalue weighted by Gasteiger charge is -2.09. The highest BCUT2D eigenvalue weighted by Crippen LogP contribution is 2.27. The summed E-state index contributed by atoms with van der Waals surface area (Å²) >= 11 is 0. The van der Waals surface area contributed by atoms with Gasteiger partial charge in [-0.05, 0) is 35.4 Å². The van der Waals surface area contributed by atoms with E-state index in [0.29, 0.717) is 29.4 Å². The van der Waals surface area contributed by atoms with Gasteiger partial charge in [0.1, 0.15) is 5.75 Å². The smallest absolute Gasteiger partial charge is 0.260 e. The van der Waals surface area contributed by atoms with Gasteiger partial charge < -0.3 is 14.6 Å². The lowest BCUT2D eigenvalue weighted by Crippen LogP contribution is -2.15. The second-order valence-corrected chi connectivity index (χ2v) is 6.80. The molecule has 0 unspecified atom stereocenters. The van der Waals surface area contributed by atoms with Crippen LogP contribution in [0.15, 0.2) is 83.4 Å². The summed E-state index contributed by atoms with van der Waals surface area (Å²) in [4.78, 5) is 17.1. The van der Waals surface area contributed by atoms with Crippen molar-refractivity contribution >= 4 is 11.6 Å². The third-order valence-electron chi connectivity index (χ3n) is 4.63. The molecule has 0 saturated heterocycles. The zero-order chi connectivity index (χ0) is 20.8. The molecule has 0 atom stereocenters. The van der Waals surface area contributed by atoms with E-state index in [4.69, 9.17) is 9.26 Å². The molecule has 0 spiro atoms. The van der Waals surface area contributed by atoms with Crippen LogP contribution in [0.2, 0.25) is 0 Å².